The molecule has 1 amide bonds. The second-order valence-electron chi connectivity index (χ2n) is 1.73. The van der Waals surface area contributed by atoms with Crippen LogP contribution in [0.1, 0.15) is 6.92 Å². The SMILES string of the molecule is CCN(N)C(=O)OCC(=O)O. The van der Waals surface area contributed by atoms with Gasteiger partial charge < -0.3 is 9.84 Å². The Labute approximate surface area is 63.5 Å². The Morgan fingerprint density at radius 1 is 1.64 bits per heavy atom. The molecular formula is C5H10N2O4. The summed E-state index contributed by atoms with van der Waals surface area (Å²) in [6, 6.07) is 0. The zero-order valence-electron chi connectivity index (χ0n) is 6.11. The van der Waals surface area contributed by atoms with Crippen molar-refractivity contribution in [2.24, 2.45) is 5.84 Å². The van der Waals surface area contributed by atoms with Crippen LogP contribution in [0.4, 0.5) is 4.79 Å². The van der Waals surface area contributed by atoms with Gasteiger partial charge in [-0.1, -0.05) is 0 Å². The van der Waals surface area contributed by atoms with Crippen LogP contribution in [0.2, 0.25) is 0 Å². The molecule has 0 bridgehead atoms. The van der Waals surface area contributed by atoms with E-state index < -0.39 is 18.7 Å². The number of amides is 1. The molecule has 0 aromatic heterocycles. The first kappa shape index (κ1) is 9.70. The summed E-state index contributed by atoms with van der Waals surface area (Å²) in [5.74, 6) is 3.86. The van der Waals surface area contributed by atoms with Gasteiger partial charge in [0.15, 0.2) is 6.61 Å². The Kier molecular flexibility index (Phi) is 3.97. The zero-order chi connectivity index (χ0) is 8.85. The zero-order valence-corrected chi connectivity index (χ0v) is 6.11. The van der Waals surface area contributed by atoms with E-state index in [1.54, 1.807) is 6.92 Å². The molecule has 0 aliphatic rings. The smallest absolute Gasteiger partial charge is 0.424 e. The summed E-state index contributed by atoms with van der Waals surface area (Å²) in [6.07, 6.45) is -0.838. The van der Waals surface area contributed by atoms with E-state index in [4.69, 9.17) is 10.9 Å². The lowest BCUT2D eigenvalue weighted by Crippen LogP contribution is -2.38. The second kappa shape index (κ2) is 4.51. The number of hydrazine groups is 1. The average Bonchev–Trinajstić information content (AvgIpc) is 1.98. The number of carboxylic acids is 1. The van der Waals surface area contributed by atoms with E-state index >= 15 is 0 Å². The molecule has 0 rings (SSSR count). The molecule has 0 atom stereocenters. The summed E-state index contributed by atoms with van der Waals surface area (Å²) in [7, 11) is 0. The monoisotopic (exact) mass is 162 g/mol. The molecule has 0 heterocycles. The molecule has 0 aliphatic carbocycles. The fraction of sp³-hybridized carbons (Fsp3) is 0.600. The second-order valence-corrected chi connectivity index (χ2v) is 1.73. The highest BCUT2D eigenvalue weighted by atomic mass is 16.6. The Morgan fingerprint density at radius 2 is 2.18 bits per heavy atom. The summed E-state index contributed by atoms with van der Waals surface area (Å²) < 4.78 is 4.22. The van der Waals surface area contributed by atoms with Gasteiger partial charge >= 0.3 is 12.1 Å². The first-order chi connectivity index (χ1) is 5.07. The van der Waals surface area contributed by atoms with Gasteiger partial charge in [0.05, 0.1) is 0 Å². The van der Waals surface area contributed by atoms with E-state index in [9.17, 15) is 9.59 Å². The molecular weight excluding hydrogens is 152 g/mol. The molecule has 3 N–H and O–H groups in total. The minimum Gasteiger partial charge on any atom is -0.479 e. The highest BCUT2D eigenvalue weighted by Gasteiger charge is 2.09. The van der Waals surface area contributed by atoms with Crippen molar-refractivity contribution in [1.29, 1.82) is 0 Å². The van der Waals surface area contributed by atoms with E-state index in [-0.39, 0.29) is 6.54 Å². The minimum atomic E-state index is -1.21. The lowest BCUT2D eigenvalue weighted by atomic mass is 10.7. The van der Waals surface area contributed by atoms with Gasteiger partial charge in [0.1, 0.15) is 0 Å². The fourth-order valence-corrected chi connectivity index (χ4v) is 0.335. The van der Waals surface area contributed by atoms with Gasteiger partial charge in [-0.2, -0.15) is 0 Å². The Hall–Kier alpha value is -1.30. The van der Waals surface area contributed by atoms with Crippen molar-refractivity contribution >= 4 is 12.1 Å². The van der Waals surface area contributed by atoms with Crippen LogP contribution in [0.15, 0.2) is 0 Å². The van der Waals surface area contributed by atoms with Crippen LogP contribution in [-0.4, -0.2) is 35.3 Å². The third-order valence-corrected chi connectivity index (χ3v) is 0.894. The number of hydrogen-bond acceptors (Lipinski definition) is 4. The Bertz CT molecular complexity index is 159. The predicted octanol–water partition coefficient (Wildman–Crippen LogP) is -0.597. The molecule has 6 nitrogen and oxygen atoms in total. The molecule has 0 fully saturated rings. The summed E-state index contributed by atoms with van der Waals surface area (Å²) in [6.45, 7) is 1.26. The highest BCUT2D eigenvalue weighted by molar-refractivity contribution is 5.73. The lowest BCUT2D eigenvalue weighted by molar-refractivity contribution is -0.140. The number of carboxylic acid groups (broad SMARTS) is 1. The Balaban J connectivity index is 3.60. The molecule has 11 heavy (non-hydrogen) atoms. The maximum absolute atomic E-state index is 10.6. The van der Waals surface area contributed by atoms with Gasteiger partial charge in [0.25, 0.3) is 0 Å². The minimum absolute atomic E-state index is 0.276. The van der Waals surface area contributed by atoms with Crippen LogP contribution in [-0.2, 0) is 9.53 Å². The van der Waals surface area contributed by atoms with Crippen molar-refractivity contribution in [1.82, 2.24) is 5.01 Å². The van der Waals surface area contributed by atoms with Crippen molar-refractivity contribution in [2.75, 3.05) is 13.2 Å². The molecule has 0 aliphatic heterocycles. The van der Waals surface area contributed by atoms with Gasteiger partial charge in [-0.25, -0.2) is 20.4 Å². The van der Waals surface area contributed by atoms with Crippen LogP contribution in [0, 0.1) is 0 Å². The Morgan fingerprint density at radius 3 is 2.55 bits per heavy atom. The van der Waals surface area contributed by atoms with Crippen LogP contribution in [0.25, 0.3) is 0 Å². The number of nitrogens with two attached hydrogens (primary N) is 1. The first-order valence-electron chi connectivity index (χ1n) is 2.98. The van der Waals surface area contributed by atoms with E-state index in [1.807, 2.05) is 0 Å². The van der Waals surface area contributed by atoms with Crippen LogP contribution in [0.5, 0.6) is 0 Å². The third kappa shape index (κ3) is 4.15. The highest BCUT2D eigenvalue weighted by Crippen LogP contribution is 1.85. The number of carbonyl (C=O) groups excluding carboxylic acids is 1. The van der Waals surface area contributed by atoms with E-state index in [1.165, 1.54) is 0 Å². The maximum atomic E-state index is 10.6. The summed E-state index contributed by atoms with van der Waals surface area (Å²) in [4.78, 5) is 20.5. The van der Waals surface area contributed by atoms with Crippen LogP contribution < -0.4 is 5.84 Å². The van der Waals surface area contributed by atoms with Gasteiger partial charge in [0.2, 0.25) is 0 Å². The van der Waals surface area contributed by atoms with Crippen molar-refractivity contribution < 1.29 is 19.4 Å². The molecule has 0 unspecified atom stereocenters. The van der Waals surface area contributed by atoms with E-state index in [0.29, 0.717) is 0 Å². The number of aliphatic carboxylic acids is 1. The summed E-state index contributed by atoms with van der Waals surface area (Å²) >= 11 is 0. The molecule has 64 valence electrons. The van der Waals surface area contributed by atoms with Crippen molar-refractivity contribution in [3.8, 4) is 0 Å². The number of nitrogens with zero attached hydrogens (tertiary/aromatic N) is 1. The third-order valence-electron chi connectivity index (χ3n) is 0.894. The van der Waals surface area contributed by atoms with Crippen molar-refractivity contribution in [2.45, 2.75) is 6.92 Å². The predicted molar refractivity (Wildman–Crippen MR) is 35.6 cm³/mol. The number of rotatable bonds is 3. The van der Waals surface area contributed by atoms with Gasteiger partial charge in [0, 0.05) is 6.54 Å². The molecule has 0 aromatic carbocycles. The van der Waals surface area contributed by atoms with Gasteiger partial charge in [-0.15, -0.1) is 0 Å². The van der Waals surface area contributed by atoms with Gasteiger partial charge in [-0.3, -0.25) is 0 Å². The lowest BCUT2D eigenvalue weighted by Gasteiger charge is -2.12. The molecule has 0 spiro atoms. The fourth-order valence-electron chi connectivity index (χ4n) is 0.335. The number of ether oxygens (including phenoxy) is 1. The first-order valence-corrected chi connectivity index (χ1v) is 2.98. The van der Waals surface area contributed by atoms with E-state index in [2.05, 4.69) is 4.74 Å². The van der Waals surface area contributed by atoms with Gasteiger partial charge in [-0.05, 0) is 6.92 Å². The molecule has 0 saturated heterocycles. The average molecular weight is 162 g/mol. The largest absolute Gasteiger partial charge is 0.479 e. The normalized spacial score (nSPS) is 8.91. The summed E-state index contributed by atoms with van der Waals surface area (Å²) in [5.41, 5.74) is 0. The standard InChI is InChI=1S/C5H10N2O4/c1-2-7(6)5(10)11-3-4(8)9/h2-3,6H2,1H3,(H,8,9). The molecule has 0 radical (unpaired) electrons. The van der Waals surface area contributed by atoms with E-state index in [0.717, 1.165) is 5.01 Å². The number of carbonyl (C=O) groups is 2. The number of hydrogen-bond donors (Lipinski definition) is 2. The maximum Gasteiger partial charge on any atom is 0.424 e. The van der Waals surface area contributed by atoms with Crippen LogP contribution in [0.3, 0.4) is 0 Å². The molecule has 6 heteroatoms. The molecule has 0 saturated carbocycles. The van der Waals surface area contributed by atoms with Crippen molar-refractivity contribution in [3.63, 3.8) is 0 Å². The van der Waals surface area contributed by atoms with Crippen LogP contribution >= 0.6 is 0 Å². The molecule has 0 aromatic rings. The summed E-state index contributed by atoms with van der Waals surface area (Å²) in [5, 5.41) is 8.86. The van der Waals surface area contributed by atoms with Crippen molar-refractivity contribution in [3.05, 3.63) is 0 Å². The topological polar surface area (TPSA) is 92.9 Å². The quantitative estimate of drug-likeness (QED) is 0.328.